The number of aliphatic hydroxyl groups is 1. The molecule has 0 aliphatic carbocycles. The van der Waals surface area contributed by atoms with Gasteiger partial charge >= 0.3 is 0 Å². The van der Waals surface area contributed by atoms with E-state index in [1.54, 1.807) is 6.92 Å². The number of rotatable bonds is 2. The summed E-state index contributed by atoms with van der Waals surface area (Å²) in [5.74, 6) is 0. The molecule has 1 atom stereocenters. The van der Waals surface area contributed by atoms with Crippen molar-refractivity contribution in [1.29, 1.82) is 0 Å². The van der Waals surface area contributed by atoms with E-state index in [2.05, 4.69) is 0 Å². The Kier molecular flexibility index (Phi) is 2.83. The number of hydrogen-bond acceptors (Lipinski definition) is 2. The summed E-state index contributed by atoms with van der Waals surface area (Å²) in [4.78, 5) is 10.7. The standard InChI is InChI=1S/C11H14O2/c1-7-4-10(6-12)11(9(3)13)5-8(7)2/h4-6,9,13H,1-3H3. The fourth-order valence-corrected chi connectivity index (χ4v) is 1.32. The molecule has 1 aromatic rings. The lowest BCUT2D eigenvalue weighted by molar-refractivity contribution is 0.111. The summed E-state index contributed by atoms with van der Waals surface area (Å²) < 4.78 is 0. The van der Waals surface area contributed by atoms with Gasteiger partial charge in [0.05, 0.1) is 6.10 Å². The number of carbonyl (C=O) groups is 1. The molecule has 0 aliphatic heterocycles. The maximum Gasteiger partial charge on any atom is 0.150 e. The lowest BCUT2D eigenvalue weighted by Gasteiger charge is -2.10. The first-order chi connectivity index (χ1) is 6.06. The molecule has 0 aromatic heterocycles. The predicted octanol–water partition coefficient (Wildman–Crippen LogP) is 2.17. The van der Waals surface area contributed by atoms with Crippen LogP contribution in [0.3, 0.4) is 0 Å². The summed E-state index contributed by atoms with van der Waals surface area (Å²) in [6, 6.07) is 3.67. The van der Waals surface area contributed by atoms with Gasteiger partial charge in [0.1, 0.15) is 6.29 Å². The van der Waals surface area contributed by atoms with Crippen LogP contribution in [0.1, 0.15) is 40.1 Å². The van der Waals surface area contributed by atoms with E-state index in [1.165, 1.54) is 0 Å². The van der Waals surface area contributed by atoms with E-state index in [0.29, 0.717) is 11.1 Å². The predicted molar refractivity (Wildman–Crippen MR) is 51.9 cm³/mol. The third-order valence-electron chi connectivity index (χ3n) is 2.28. The molecule has 0 spiro atoms. The summed E-state index contributed by atoms with van der Waals surface area (Å²) in [5, 5.41) is 9.39. The number of benzene rings is 1. The van der Waals surface area contributed by atoms with Crippen LogP contribution in [0.2, 0.25) is 0 Å². The molecule has 2 heteroatoms. The van der Waals surface area contributed by atoms with Crippen molar-refractivity contribution in [3.63, 3.8) is 0 Å². The second-order valence-electron chi connectivity index (χ2n) is 3.36. The van der Waals surface area contributed by atoms with Crippen molar-refractivity contribution in [3.05, 3.63) is 34.4 Å². The minimum absolute atomic E-state index is 0.582. The van der Waals surface area contributed by atoms with Crippen LogP contribution < -0.4 is 0 Å². The third kappa shape index (κ3) is 1.95. The van der Waals surface area contributed by atoms with Crippen molar-refractivity contribution in [2.24, 2.45) is 0 Å². The third-order valence-corrected chi connectivity index (χ3v) is 2.28. The fourth-order valence-electron chi connectivity index (χ4n) is 1.32. The van der Waals surface area contributed by atoms with E-state index >= 15 is 0 Å². The van der Waals surface area contributed by atoms with Gasteiger partial charge in [-0.25, -0.2) is 0 Å². The molecule has 70 valence electrons. The van der Waals surface area contributed by atoms with Crippen molar-refractivity contribution in [2.45, 2.75) is 26.9 Å². The molecular weight excluding hydrogens is 164 g/mol. The molecule has 2 nitrogen and oxygen atoms in total. The van der Waals surface area contributed by atoms with Crippen LogP contribution in [0.4, 0.5) is 0 Å². The van der Waals surface area contributed by atoms with Gasteiger partial charge in [-0.05, 0) is 43.5 Å². The van der Waals surface area contributed by atoms with Gasteiger partial charge in [0.2, 0.25) is 0 Å². The van der Waals surface area contributed by atoms with E-state index in [1.807, 2.05) is 26.0 Å². The highest BCUT2D eigenvalue weighted by Gasteiger charge is 2.08. The molecule has 1 unspecified atom stereocenters. The summed E-state index contributed by atoms with van der Waals surface area (Å²) in [5.41, 5.74) is 3.46. The normalized spacial score (nSPS) is 12.6. The van der Waals surface area contributed by atoms with Crippen molar-refractivity contribution in [2.75, 3.05) is 0 Å². The minimum Gasteiger partial charge on any atom is -0.389 e. The molecular formula is C11H14O2. The average molecular weight is 178 g/mol. The SMILES string of the molecule is Cc1cc(C=O)c(C(C)O)cc1C. The Hall–Kier alpha value is -1.15. The number of aliphatic hydroxyl groups excluding tert-OH is 1. The summed E-state index contributed by atoms with van der Waals surface area (Å²) >= 11 is 0. The Bertz CT molecular complexity index is 327. The van der Waals surface area contributed by atoms with E-state index < -0.39 is 6.10 Å². The Labute approximate surface area is 78.2 Å². The minimum atomic E-state index is -0.584. The number of carbonyl (C=O) groups excluding carboxylic acids is 1. The van der Waals surface area contributed by atoms with Crippen molar-refractivity contribution < 1.29 is 9.90 Å². The van der Waals surface area contributed by atoms with Crippen LogP contribution >= 0.6 is 0 Å². The van der Waals surface area contributed by atoms with Crippen molar-refractivity contribution >= 4 is 6.29 Å². The van der Waals surface area contributed by atoms with E-state index in [9.17, 15) is 9.90 Å². The van der Waals surface area contributed by atoms with Gasteiger partial charge in [-0.2, -0.15) is 0 Å². The molecule has 0 saturated carbocycles. The lowest BCUT2D eigenvalue weighted by Crippen LogP contribution is -1.99. The first-order valence-electron chi connectivity index (χ1n) is 4.30. The summed E-state index contributed by atoms with van der Waals surface area (Å²) in [7, 11) is 0. The highest BCUT2D eigenvalue weighted by molar-refractivity contribution is 5.78. The first-order valence-corrected chi connectivity index (χ1v) is 4.30. The zero-order chi connectivity index (χ0) is 10.0. The van der Waals surface area contributed by atoms with Crippen LogP contribution in [0, 0.1) is 13.8 Å². The second kappa shape index (κ2) is 3.71. The molecule has 0 radical (unpaired) electrons. The second-order valence-corrected chi connectivity index (χ2v) is 3.36. The summed E-state index contributed by atoms with van der Waals surface area (Å²) in [6.45, 7) is 5.58. The number of hydrogen-bond donors (Lipinski definition) is 1. The zero-order valence-corrected chi connectivity index (χ0v) is 8.16. The molecule has 0 bridgehead atoms. The Morgan fingerprint density at radius 3 is 2.31 bits per heavy atom. The molecule has 0 saturated heterocycles. The number of aryl methyl sites for hydroxylation is 2. The van der Waals surface area contributed by atoms with Gasteiger partial charge in [0.25, 0.3) is 0 Å². The molecule has 0 amide bonds. The fraction of sp³-hybridized carbons (Fsp3) is 0.364. The van der Waals surface area contributed by atoms with Gasteiger partial charge in [0, 0.05) is 5.56 Å². The highest BCUT2D eigenvalue weighted by atomic mass is 16.3. The van der Waals surface area contributed by atoms with Crippen LogP contribution in [-0.4, -0.2) is 11.4 Å². The van der Waals surface area contributed by atoms with Crippen LogP contribution in [0.5, 0.6) is 0 Å². The monoisotopic (exact) mass is 178 g/mol. The van der Waals surface area contributed by atoms with Crippen LogP contribution in [0.25, 0.3) is 0 Å². The van der Waals surface area contributed by atoms with Gasteiger partial charge < -0.3 is 5.11 Å². The Morgan fingerprint density at radius 2 is 1.85 bits per heavy atom. The van der Waals surface area contributed by atoms with Crippen molar-refractivity contribution in [1.82, 2.24) is 0 Å². The maximum atomic E-state index is 10.7. The first kappa shape index (κ1) is 9.93. The average Bonchev–Trinajstić information content (AvgIpc) is 2.08. The van der Waals surface area contributed by atoms with E-state index in [0.717, 1.165) is 17.4 Å². The van der Waals surface area contributed by atoms with Gasteiger partial charge in [-0.15, -0.1) is 0 Å². The van der Waals surface area contributed by atoms with Crippen molar-refractivity contribution in [3.8, 4) is 0 Å². The molecule has 1 aromatic carbocycles. The van der Waals surface area contributed by atoms with Gasteiger partial charge in [-0.3, -0.25) is 4.79 Å². The molecule has 0 heterocycles. The zero-order valence-electron chi connectivity index (χ0n) is 8.16. The smallest absolute Gasteiger partial charge is 0.150 e. The molecule has 1 rings (SSSR count). The Balaban J connectivity index is 3.32. The quantitative estimate of drug-likeness (QED) is 0.705. The largest absolute Gasteiger partial charge is 0.389 e. The maximum absolute atomic E-state index is 10.7. The Morgan fingerprint density at radius 1 is 1.31 bits per heavy atom. The van der Waals surface area contributed by atoms with E-state index in [-0.39, 0.29) is 0 Å². The van der Waals surface area contributed by atoms with Gasteiger partial charge in [-0.1, -0.05) is 6.07 Å². The van der Waals surface area contributed by atoms with E-state index in [4.69, 9.17) is 0 Å². The van der Waals surface area contributed by atoms with Crippen LogP contribution in [-0.2, 0) is 0 Å². The van der Waals surface area contributed by atoms with Gasteiger partial charge in [0.15, 0.2) is 0 Å². The molecule has 0 fully saturated rings. The summed E-state index contributed by atoms with van der Waals surface area (Å²) in [6.07, 6.45) is 0.202. The van der Waals surface area contributed by atoms with Crippen LogP contribution in [0.15, 0.2) is 12.1 Å². The molecule has 13 heavy (non-hydrogen) atoms. The number of aldehydes is 1. The topological polar surface area (TPSA) is 37.3 Å². The highest BCUT2D eigenvalue weighted by Crippen LogP contribution is 2.20. The molecule has 1 N–H and O–H groups in total. The lowest BCUT2D eigenvalue weighted by atomic mass is 9.98. The molecule has 0 aliphatic rings.